The van der Waals surface area contributed by atoms with Crippen LogP contribution in [-0.4, -0.2) is 32.2 Å². The van der Waals surface area contributed by atoms with E-state index in [1.807, 2.05) is 6.92 Å². The van der Waals surface area contributed by atoms with Crippen molar-refractivity contribution in [1.82, 2.24) is 9.97 Å². The molecule has 0 aromatic carbocycles. The molecule has 0 amide bonds. The lowest BCUT2D eigenvalue weighted by Gasteiger charge is -2.06. The standard InChI is InChI=1S/C12H17N3OS2/c1-4-18(16)6-5-13-11-10-8(2)9(3)17-12(10)15-7-14-11/h7H,4-6H2,1-3H3,(H,13,14,15). The molecule has 6 heteroatoms. The van der Waals surface area contributed by atoms with Crippen LogP contribution in [0.25, 0.3) is 10.2 Å². The number of aromatic nitrogens is 2. The highest BCUT2D eigenvalue weighted by Crippen LogP contribution is 2.32. The van der Waals surface area contributed by atoms with E-state index in [2.05, 4.69) is 29.1 Å². The molecule has 1 N–H and O–H groups in total. The minimum absolute atomic E-state index is 0.657. The predicted octanol–water partition coefficient (Wildman–Crippen LogP) is 2.49. The molecule has 0 aliphatic rings. The molecular formula is C12H17N3OS2. The fourth-order valence-corrected chi connectivity index (χ4v) is 3.36. The molecule has 0 radical (unpaired) electrons. The Morgan fingerprint density at radius 2 is 2.17 bits per heavy atom. The van der Waals surface area contributed by atoms with E-state index in [4.69, 9.17) is 0 Å². The summed E-state index contributed by atoms with van der Waals surface area (Å²) in [6.07, 6.45) is 1.58. The number of fused-ring (bicyclic) bond motifs is 1. The van der Waals surface area contributed by atoms with Gasteiger partial charge in [0.1, 0.15) is 17.0 Å². The highest BCUT2D eigenvalue weighted by atomic mass is 32.2. The van der Waals surface area contributed by atoms with Gasteiger partial charge in [-0.05, 0) is 19.4 Å². The molecule has 98 valence electrons. The van der Waals surface area contributed by atoms with Crippen molar-refractivity contribution in [1.29, 1.82) is 0 Å². The minimum Gasteiger partial charge on any atom is -0.368 e. The molecule has 0 aliphatic heterocycles. The van der Waals surface area contributed by atoms with Gasteiger partial charge in [-0.3, -0.25) is 4.21 Å². The molecule has 2 rings (SSSR count). The number of rotatable bonds is 5. The SMILES string of the molecule is CCS(=O)CCNc1ncnc2sc(C)c(C)c12. The van der Waals surface area contributed by atoms with E-state index in [9.17, 15) is 4.21 Å². The predicted molar refractivity (Wildman–Crippen MR) is 78.9 cm³/mol. The minimum atomic E-state index is -0.738. The second kappa shape index (κ2) is 5.75. The van der Waals surface area contributed by atoms with Crippen molar-refractivity contribution < 1.29 is 4.21 Å². The molecular weight excluding hydrogens is 266 g/mol. The van der Waals surface area contributed by atoms with E-state index in [0.29, 0.717) is 18.1 Å². The molecule has 18 heavy (non-hydrogen) atoms. The van der Waals surface area contributed by atoms with Crippen LogP contribution in [0.4, 0.5) is 5.82 Å². The Hall–Kier alpha value is -1.01. The topological polar surface area (TPSA) is 54.9 Å². The van der Waals surface area contributed by atoms with E-state index < -0.39 is 10.8 Å². The van der Waals surface area contributed by atoms with Crippen LogP contribution in [0.15, 0.2) is 6.33 Å². The second-order valence-corrected chi connectivity index (χ2v) is 7.11. The molecule has 0 fully saturated rings. The number of thiophene rings is 1. The van der Waals surface area contributed by atoms with Crippen LogP contribution in [0.1, 0.15) is 17.4 Å². The van der Waals surface area contributed by atoms with Gasteiger partial charge in [0.25, 0.3) is 0 Å². The normalized spacial score (nSPS) is 12.8. The van der Waals surface area contributed by atoms with E-state index in [1.54, 1.807) is 17.7 Å². The number of nitrogens with zero attached hydrogens (tertiary/aromatic N) is 2. The molecule has 0 aliphatic carbocycles. The van der Waals surface area contributed by atoms with Gasteiger partial charge in [-0.1, -0.05) is 6.92 Å². The molecule has 0 spiro atoms. The lowest BCUT2D eigenvalue weighted by Crippen LogP contribution is -2.13. The Morgan fingerprint density at radius 1 is 1.39 bits per heavy atom. The molecule has 0 saturated heterocycles. The number of aryl methyl sites for hydroxylation is 2. The first kappa shape index (κ1) is 13.4. The van der Waals surface area contributed by atoms with Crippen LogP contribution < -0.4 is 5.32 Å². The van der Waals surface area contributed by atoms with Crippen molar-refractivity contribution in [2.45, 2.75) is 20.8 Å². The van der Waals surface area contributed by atoms with E-state index in [0.717, 1.165) is 16.0 Å². The van der Waals surface area contributed by atoms with Gasteiger partial charge in [-0.15, -0.1) is 11.3 Å². The molecule has 1 unspecified atom stereocenters. The largest absolute Gasteiger partial charge is 0.368 e. The van der Waals surface area contributed by atoms with E-state index >= 15 is 0 Å². The number of hydrogen-bond donors (Lipinski definition) is 1. The summed E-state index contributed by atoms with van der Waals surface area (Å²) in [5.41, 5.74) is 1.23. The van der Waals surface area contributed by atoms with Gasteiger partial charge in [0.05, 0.1) is 5.39 Å². The lowest BCUT2D eigenvalue weighted by atomic mass is 10.2. The van der Waals surface area contributed by atoms with Gasteiger partial charge in [-0.2, -0.15) is 0 Å². The van der Waals surface area contributed by atoms with Crippen LogP contribution in [0.2, 0.25) is 0 Å². The summed E-state index contributed by atoms with van der Waals surface area (Å²) in [5, 5.41) is 4.37. The maximum atomic E-state index is 11.4. The zero-order chi connectivity index (χ0) is 13.1. The highest BCUT2D eigenvalue weighted by Gasteiger charge is 2.11. The summed E-state index contributed by atoms with van der Waals surface area (Å²) in [6, 6.07) is 0. The van der Waals surface area contributed by atoms with Gasteiger partial charge in [0.2, 0.25) is 0 Å². The van der Waals surface area contributed by atoms with Crippen molar-refractivity contribution >= 4 is 38.2 Å². The third kappa shape index (κ3) is 2.70. The van der Waals surface area contributed by atoms with Crippen LogP contribution >= 0.6 is 11.3 Å². The second-order valence-electron chi connectivity index (χ2n) is 4.05. The number of hydrogen-bond acceptors (Lipinski definition) is 5. The van der Waals surface area contributed by atoms with Crippen molar-refractivity contribution in [2.75, 3.05) is 23.4 Å². The van der Waals surface area contributed by atoms with E-state index in [-0.39, 0.29) is 0 Å². The Kier molecular flexibility index (Phi) is 4.29. The number of nitrogens with one attached hydrogen (secondary N) is 1. The van der Waals surface area contributed by atoms with Crippen LogP contribution in [0.5, 0.6) is 0 Å². The summed E-state index contributed by atoms with van der Waals surface area (Å²) in [4.78, 5) is 10.9. The average Bonchev–Trinajstić information content (AvgIpc) is 2.66. The fourth-order valence-electron chi connectivity index (χ4n) is 1.74. The average molecular weight is 283 g/mol. The Morgan fingerprint density at radius 3 is 2.89 bits per heavy atom. The van der Waals surface area contributed by atoms with E-state index in [1.165, 1.54) is 10.4 Å². The van der Waals surface area contributed by atoms with Crippen molar-refractivity contribution in [3.8, 4) is 0 Å². The van der Waals surface area contributed by atoms with Crippen LogP contribution in [0.3, 0.4) is 0 Å². The molecule has 0 saturated carbocycles. The smallest absolute Gasteiger partial charge is 0.138 e. The van der Waals surface area contributed by atoms with Crippen molar-refractivity contribution in [3.63, 3.8) is 0 Å². The summed E-state index contributed by atoms with van der Waals surface area (Å²) in [7, 11) is -0.738. The van der Waals surface area contributed by atoms with Gasteiger partial charge in [-0.25, -0.2) is 9.97 Å². The quantitative estimate of drug-likeness (QED) is 0.916. The van der Waals surface area contributed by atoms with Crippen molar-refractivity contribution in [3.05, 3.63) is 16.8 Å². The first-order chi connectivity index (χ1) is 8.63. The lowest BCUT2D eigenvalue weighted by molar-refractivity contribution is 0.684. The monoisotopic (exact) mass is 283 g/mol. The number of anilines is 1. The maximum Gasteiger partial charge on any atom is 0.138 e. The zero-order valence-corrected chi connectivity index (χ0v) is 12.5. The van der Waals surface area contributed by atoms with Crippen LogP contribution in [-0.2, 0) is 10.8 Å². The van der Waals surface area contributed by atoms with Gasteiger partial charge >= 0.3 is 0 Å². The Balaban J connectivity index is 2.20. The van der Waals surface area contributed by atoms with Gasteiger partial charge in [0.15, 0.2) is 0 Å². The summed E-state index contributed by atoms with van der Waals surface area (Å²) >= 11 is 1.69. The molecule has 0 bridgehead atoms. The Bertz CT molecular complexity index is 580. The third-order valence-corrected chi connectivity index (χ3v) is 5.33. The maximum absolute atomic E-state index is 11.4. The molecule has 2 aromatic rings. The first-order valence-electron chi connectivity index (χ1n) is 5.93. The first-order valence-corrected chi connectivity index (χ1v) is 8.23. The molecule has 1 atom stereocenters. The highest BCUT2D eigenvalue weighted by molar-refractivity contribution is 7.84. The molecule has 4 nitrogen and oxygen atoms in total. The fraction of sp³-hybridized carbons (Fsp3) is 0.500. The van der Waals surface area contributed by atoms with Crippen molar-refractivity contribution in [2.24, 2.45) is 0 Å². The third-order valence-electron chi connectivity index (χ3n) is 2.91. The Labute approximate surface area is 113 Å². The summed E-state index contributed by atoms with van der Waals surface area (Å²) in [5.74, 6) is 2.22. The zero-order valence-electron chi connectivity index (χ0n) is 10.8. The summed E-state index contributed by atoms with van der Waals surface area (Å²) < 4.78 is 11.4. The molecule has 2 heterocycles. The van der Waals surface area contributed by atoms with Gasteiger partial charge < -0.3 is 5.32 Å². The molecule has 2 aromatic heterocycles. The summed E-state index contributed by atoms with van der Waals surface area (Å²) in [6.45, 7) is 6.80. The van der Waals surface area contributed by atoms with Crippen LogP contribution in [0, 0.1) is 13.8 Å². The van der Waals surface area contributed by atoms with Gasteiger partial charge in [0, 0.05) is 33.7 Å².